The summed E-state index contributed by atoms with van der Waals surface area (Å²) in [4.78, 5) is 4.47. The summed E-state index contributed by atoms with van der Waals surface area (Å²) in [6, 6.07) is 9.54. The first-order valence-corrected chi connectivity index (χ1v) is 10.7. The number of aromatic nitrogens is 2. The van der Waals surface area contributed by atoms with Crippen LogP contribution in [0.15, 0.2) is 59.9 Å². The molecule has 30 heavy (non-hydrogen) atoms. The van der Waals surface area contributed by atoms with Crippen LogP contribution in [0.25, 0.3) is 11.3 Å². The smallest absolute Gasteiger partial charge is 0.355 e. The summed E-state index contributed by atoms with van der Waals surface area (Å²) in [5.74, 6) is 0. The van der Waals surface area contributed by atoms with Gasteiger partial charge in [-0.3, -0.25) is 0 Å². The number of sulfonamides is 1. The van der Waals surface area contributed by atoms with Gasteiger partial charge in [-0.1, -0.05) is 0 Å². The summed E-state index contributed by atoms with van der Waals surface area (Å²) in [6.07, 6.45) is 1.28. The zero-order valence-corrected chi connectivity index (χ0v) is 16.8. The van der Waals surface area contributed by atoms with Crippen LogP contribution in [0.2, 0.25) is 0 Å². The van der Waals surface area contributed by atoms with Gasteiger partial charge >= 0.3 is 6.18 Å². The first-order valence-electron chi connectivity index (χ1n) is 9.23. The molecular weight excluding hydrogens is 417 g/mol. The molecule has 2 aromatic carbocycles. The topological polar surface area (TPSA) is 76.0 Å². The highest BCUT2D eigenvalue weighted by atomic mass is 32.2. The van der Waals surface area contributed by atoms with E-state index in [0.717, 1.165) is 25.0 Å². The molecule has 1 saturated carbocycles. The molecule has 0 saturated heterocycles. The van der Waals surface area contributed by atoms with Gasteiger partial charge < -0.3 is 9.88 Å². The fourth-order valence-electron chi connectivity index (χ4n) is 3.08. The maximum Gasteiger partial charge on any atom is 0.416 e. The van der Waals surface area contributed by atoms with Crippen LogP contribution >= 0.6 is 0 Å². The number of anilines is 2. The second-order valence-electron chi connectivity index (χ2n) is 7.05. The van der Waals surface area contributed by atoms with Crippen molar-refractivity contribution in [2.45, 2.75) is 30.0 Å². The second-order valence-corrected chi connectivity index (χ2v) is 8.94. The number of benzene rings is 2. The van der Waals surface area contributed by atoms with E-state index in [4.69, 9.17) is 0 Å². The Kier molecular flexibility index (Phi) is 5.07. The number of imidazole rings is 1. The van der Waals surface area contributed by atoms with Crippen LogP contribution in [0.4, 0.5) is 24.5 Å². The van der Waals surface area contributed by atoms with Gasteiger partial charge in [0.1, 0.15) is 0 Å². The van der Waals surface area contributed by atoms with Gasteiger partial charge in [-0.25, -0.2) is 18.1 Å². The van der Waals surface area contributed by atoms with Gasteiger partial charge in [-0.15, -0.1) is 0 Å². The van der Waals surface area contributed by atoms with Gasteiger partial charge in [-0.05, 0) is 62.4 Å². The zero-order chi connectivity index (χ0) is 21.5. The highest BCUT2D eigenvalue weighted by Gasteiger charge is 2.30. The molecule has 0 bridgehead atoms. The van der Waals surface area contributed by atoms with Crippen molar-refractivity contribution in [3.8, 4) is 11.3 Å². The molecule has 1 aliphatic rings. The Morgan fingerprint density at radius 3 is 2.40 bits per heavy atom. The normalized spacial score (nSPS) is 14.7. The summed E-state index contributed by atoms with van der Waals surface area (Å²) in [5.41, 5.74) is 1.34. The van der Waals surface area contributed by atoms with E-state index in [9.17, 15) is 21.6 Å². The monoisotopic (exact) mass is 436 g/mol. The molecule has 1 aromatic heterocycles. The van der Waals surface area contributed by atoms with E-state index in [2.05, 4.69) is 15.0 Å². The van der Waals surface area contributed by atoms with Gasteiger partial charge in [0.2, 0.25) is 10.0 Å². The molecule has 10 heteroatoms. The minimum Gasteiger partial charge on any atom is -0.355 e. The number of hydrogen-bond donors (Lipinski definition) is 2. The Morgan fingerprint density at radius 1 is 1.10 bits per heavy atom. The van der Waals surface area contributed by atoms with Crippen LogP contribution in [0.5, 0.6) is 0 Å². The molecule has 1 fully saturated rings. The van der Waals surface area contributed by atoms with Crippen molar-refractivity contribution in [1.29, 1.82) is 0 Å². The van der Waals surface area contributed by atoms with Crippen molar-refractivity contribution in [3.63, 3.8) is 0 Å². The Morgan fingerprint density at radius 2 is 1.80 bits per heavy atom. The van der Waals surface area contributed by atoms with Gasteiger partial charge in [0, 0.05) is 29.2 Å². The summed E-state index contributed by atoms with van der Waals surface area (Å²) in [7, 11) is -2.35. The fraction of sp³-hybridized carbons (Fsp3) is 0.250. The number of rotatable bonds is 6. The zero-order valence-electron chi connectivity index (χ0n) is 15.9. The van der Waals surface area contributed by atoms with Crippen molar-refractivity contribution in [1.82, 2.24) is 14.3 Å². The van der Waals surface area contributed by atoms with Gasteiger partial charge in [-0.2, -0.15) is 13.2 Å². The van der Waals surface area contributed by atoms with Crippen LogP contribution in [0.3, 0.4) is 0 Å². The summed E-state index contributed by atoms with van der Waals surface area (Å²) >= 11 is 0. The Hall–Kier alpha value is -2.85. The van der Waals surface area contributed by atoms with E-state index in [0.29, 0.717) is 28.7 Å². The van der Waals surface area contributed by atoms with Gasteiger partial charge in [0.15, 0.2) is 0 Å². The molecule has 0 atom stereocenters. The highest BCUT2D eigenvalue weighted by Crippen LogP contribution is 2.38. The third kappa shape index (κ3) is 4.19. The number of hydrogen-bond acceptors (Lipinski definition) is 4. The lowest BCUT2D eigenvalue weighted by atomic mass is 10.1. The molecule has 158 valence electrons. The molecule has 1 aliphatic carbocycles. The number of nitrogens with one attached hydrogen (secondary N) is 2. The molecule has 0 spiro atoms. The molecular formula is C20H19F3N4O2S. The van der Waals surface area contributed by atoms with Gasteiger partial charge in [0.05, 0.1) is 22.5 Å². The lowest BCUT2D eigenvalue weighted by Gasteiger charge is -2.14. The van der Waals surface area contributed by atoms with Crippen LogP contribution in [0.1, 0.15) is 24.4 Å². The van der Waals surface area contributed by atoms with Gasteiger partial charge in [0.25, 0.3) is 0 Å². The number of alkyl halides is 3. The van der Waals surface area contributed by atoms with E-state index < -0.39 is 21.8 Å². The molecule has 4 rings (SSSR count). The Balaban J connectivity index is 1.72. The maximum atomic E-state index is 12.8. The lowest BCUT2D eigenvalue weighted by molar-refractivity contribution is -0.137. The highest BCUT2D eigenvalue weighted by molar-refractivity contribution is 7.89. The molecule has 0 radical (unpaired) electrons. The van der Waals surface area contributed by atoms with Crippen molar-refractivity contribution >= 4 is 21.4 Å². The predicted octanol–water partition coefficient (Wildman–Crippen LogP) is 4.56. The average Bonchev–Trinajstić information content (AvgIpc) is 3.45. The fourth-order valence-corrected chi connectivity index (χ4v) is 3.83. The van der Waals surface area contributed by atoms with E-state index >= 15 is 0 Å². The largest absolute Gasteiger partial charge is 0.416 e. The standard InChI is InChI=1S/C20H19F3N4O2S/c1-24-30(28,29)16-8-9-18(26-14-4-2-13(3-5-14)20(21,22)23)17(10-16)19-11-27(12-25-19)15-6-7-15/h2-5,8-12,15,24,26H,6-7H2,1H3. The van der Waals surface area contributed by atoms with Crippen molar-refractivity contribution in [2.24, 2.45) is 0 Å². The summed E-state index contributed by atoms with van der Waals surface area (Å²) < 4.78 is 67.2. The molecule has 0 aliphatic heterocycles. The lowest BCUT2D eigenvalue weighted by Crippen LogP contribution is -2.18. The van der Waals surface area contributed by atoms with E-state index in [-0.39, 0.29) is 4.90 Å². The van der Waals surface area contributed by atoms with E-state index in [1.807, 2.05) is 10.8 Å². The average molecular weight is 436 g/mol. The Labute approximate surface area is 171 Å². The Bertz CT molecular complexity index is 1170. The quantitative estimate of drug-likeness (QED) is 0.594. The molecule has 6 nitrogen and oxygen atoms in total. The summed E-state index contributed by atoms with van der Waals surface area (Å²) in [5, 5.41) is 3.07. The van der Waals surface area contributed by atoms with E-state index in [1.165, 1.54) is 31.3 Å². The second kappa shape index (κ2) is 7.44. The molecule has 0 amide bonds. The third-order valence-corrected chi connectivity index (χ3v) is 6.32. The van der Waals surface area contributed by atoms with Crippen LogP contribution < -0.4 is 10.0 Å². The van der Waals surface area contributed by atoms with Crippen molar-refractivity contribution < 1.29 is 21.6 Å². The van der Waals surface area contributed by atoms with E-state index in [1.54, 1.807) is 12.4 Å². The van der Waals surface area contributed by atoms with Crippen LogP contribution in [0, 0.1) is 0 Å². The van der Waals surface area contributed by atoms with Crippen LogP contribution in [-0.4, -0.2) is 25.0 Å². The minimum atomic E-state index is -4.41. The van der Waals surface area contributed by atoms with Crippen molar-refractivity contribution in [3.05, 3.63) is 60.6 Å². The SMILES string of the molecule is CNS(=O)(=O)c1ccc(Nc2ccc(C(F)(F)F)cc2)c(-c2cn(C3CC3)cn2)c1. The summed E-state index contributed by atoms with van der Waals surface area (Å²) in [6.45, 7) is 0. The molecule has 2 N–H and O–H groups in total. The van der Waals surface area contributed by atoms with Crippen molar-refractivity contribution in [2.75, 3.05) is 12.4 Å². The number of halogens is 3. The minimum absolute atomic E-state index is 0.0685. The predicted molar refractivity (Wildman–Crippen MR) is 107 cm³/mol. The van der Waals surface area contributed by atoms with Crippen LogP contribution in [-0.2, 0) is 16.2 Å². The third-order valence-electron chi connectivity index (χ3n) is 4.91. The first kappa shape index (κ1) is 20.4. The molecule has 1 heterocycles. The molecule has 3 aromatic rings. The number of nitrogens with zero attached hydrogens (tertiary/aromatic N) is 2. The molecule has 0 unspecified atom stereocenters. The first-order chi connectivity index (χ1) is 14.2. The maximum absolute atomic E-state index is 12.8.